The van der Waals surface area contributed by atoms with E-state index in [0.717, 1.165) is 19.4 Å². The molecule has 0 aromatic heterocycles. The zero-order valence-corrected chi connectivity index (χ0v) is 13.5. The number of hydrogen-bond acceptors (Lipinski definition) is 3. The highest BCUT2D eigenvalue weighted by Gasteiger charge is 2.32. The molecule has 0 aromatic rings. The molecule has 0 aliphatic heterocycles. The molecule has 0 heterocycles. The van der Waals surface area contributed by atoms with Crippen molar-refractivity contribution >= 4 is 0 Å². The smallest absolute Gasteiger partial charge is 0.0309 e. The summed E-state index contributed by atoms with van der Waals surface area (Å²) in [6.07, 6.45) is 10.8. The first-order chi connectivity index (χ1) is 9.14. The fraction of sp³-hybridized carbons (Fsp3) is 1.00. The zero-order chi connectivity index (χ0) is 14.6. The van der Waals surface area contributed by atoms with Gasteiger partial charge in [0, 0.05) is 24.7 Å². The highest BCUT2D eigenvalue weighted by atomic mass is 15.0. The predicted octanol–water partition coefficient (Wildman–Crippen LogP) is 3.17. The van der Waals surface area contributed by atoms with Crippen molar-refractivity contribution < 1.29 is 0 Å². The lowest BCUT2D eigenvalue weighted by Crippen LogP contribution is -2.58. The second kappa shape index (κ2) is 11.7. The molecule has 0 aromatic carbocycles. The van der Waals surface area contributed by atoms with Crippen LogP contribution in [0, 0.1) is 0 Å². The molecular formula is C16H37N3. The molecule has 0 bridgehead atoms. The van der Waals surface area contributed by atoms with E-state index in [2.05, 4.69) is 26.1 Å². The van der Waals surface area contributed by atoms with E-state index in [-0.39, 0.29) is 5.54 Å². The molecule has 19 heavy (non-hydrogen) atoms. The van der Waals surface area contributed by atoms with Crippen molar-refractivity contribution in [1.29, 1.82) is 0 Å². The van der Waals surface area contributed by atoms with E-state index >= 15 is 0 Å². The van der Waals surface area contributed by atoms with Crippen LogP contribution >= 0.6 is 0 Å². The van der Waals surface area contributed by atoms with Crippen LogP contribution in [-0.4, -0.2) is 24.7 Å². The maximum absolute atomic E-state index is 6.79. The van der Waals surface area contributed by atoms with Crippen LogP contribution in [0.25, 0.3) is 0 Å². The SMILES string of the molecule is CCCCC(NCCN)C(N)(CCCC)CCCC. The van der Waals surface area contributed by atoms with Gasteiger partial charge in [-0.05, 0) is 19.3 Å². The average molecular weight is 271 g/mol. The monoisotopic (exact) mass is 271 g/mol. The first-order valence-electron chi connectivity index (χ1n) is 8.36. The molecule has 5 N–H and O–H groups in total. The summed E-state index contributed by atoms with van der Waals surface area (Å²) >= 11 is 0. The Kier molecular flexibility index (Phi) is 11.6. The minimum absolute atomic E-state index is 0.0453. The second-order valence-corrected chi connectivity index (χ2v) is 5.88. The number of nitrogens with two attached hydrogens (primary N) is 2. The Morgan fingerprint density at radius 1 is 0.947 bits per heavy atom. The van der Waals surface area contributed by atoms with Gasteiger partial charge >= 0.3 is 0 Å². The summed E-state index contributed by atoms with van der Waals surface area (Å²) in [5.41, 5.74) is 12.4. The quantitative estimate of drug-likeness (QED) is 0.482. The molecule has 0 spiro atoms. The van der Waals surface area contributed by atoms with Crippen LogP contribution in [-0.2, 0) is 0 Å². The molecule has 1 unspecified atom stereocenters. The Labute approximate surface area is 120 Å². The van der Waals surface area contributed by atoms with Gasteiger partial charge in [-0.1, -0.05) is 59.3 Å². The summed E-state index contributed by atoms with van der Waals surface area (Å²) in [5.74, 6) is 0. The number of nitrogens with one attached hydrogen (secondary N) is 1. The summed E-state index contributed by atoms with van der Waals surface area (Å²) in [5, 5.41) is 3.61. The van der Waals surface area contributed by atoms with Crippen LogP contribution in [0.5, 0.6) is 0 Å². The predicted molar refractivity (Wildman–Crippen MR) is 86.3 cm³/mol. The summed E-state index contributed by atoms with van der Waals surface area (Å²) in [7, 11) is 0. The molecule has 3 nitrogen and oxygen atoms in total. The van der Waals surface area contributed by atoms with E-state index in [9.17, 15) is 0 Å². The summed E-state index contributed by atoms with van der Waals surface area (Å²) in [6, 6.07) is 0.425. The average Bonchev–Trinajstić information content (AvgIpc) is 2.43. The van der Waals surface area contributed by atoms with Crippen LogP contribution < -0.4 is 16.8 Å². The third-order valence-corrected chi connectivity index (χ3v) is 4.07. The van der Waals surface area contributed by atoms with E-state index in [0.29, 0.717) is 12.6 Å². The highest BCUT2D eigenvalue weighted by Crippen LogP contribution is 2.26. The van der Waals surface area contributed by atoms with Gasteiger partial charge in [-0.3, -0.25) is 0 Å². The first kappa shape index (κ1) is 18.9. The van der Waals surface area contributed by atoms with E-state index in [1.807, 2.05) is 0 Å². The Morgan fingerprint density at radius 2 is 1.47 bits per heavy atom. The Balaban J connectivity index is 4.64. The molecule has 116 valence electrons. The van der Waals surface area contributed by atoms with Gasteiger partial charge in [-0.25, -0.2) is 0 Å². The Hall–Kier alpha value is -0.120. The molecule has 0 amide bonds. The third-order valence-electron chi connectivity index (χ3n) is 4.07. The normalized spacial score (nSPS) is 13.7. The number of unbranched alkanes of at least 4 members (excludes halogenated alkanes) is 3. The van der Waals surface area contributed by atoms with Crippen molar-refractivity contribution in [2.75, 3.05) is 13.1 Å². The molecule has 0 saturated heterocycles. The summed E-state index contributed by atoms with van der Waals surface area (Å²) < 4.78 is 0. The molecule has 0 aliphatic rings. The van der Waals surface area contributed by atoms with E-state index in [1.54, 1.807) is 0 Å². The molecule has 0 rings (SSSR count). The number of rotatable bonds is 13. The lowest BCUT2D eigenvalue weighted by Gasteiger charge is -2.39. The molecule has 0 aliphatic carbocycles. The maximum Gasteiger partial charge on any atom is 0.0309 e. The van der Waals surface area contributed by atoms with Crippen molar-refractivity contribution in [2.45, 2.75) is 90.1 Å². The molecule has 0 radical (unpaired) electrons. The largest absolute Gasteiger partial charge is 0.329 e. The molecule has 0 saturated carbocycles. The second-order valence-electron chi connectivity index (χ2n) is 5.88. The minimum Gasteiger partial charge on any atom is -0.329 e. The molecule has 1 atom stereocenters. The van der Waals surface area contributed by atoms with Crippen molar-refractivity contribution in [3.05, 3.63) is 0 Å². The van der Waals surface area contributed by atoms with Crippen LogP contribution in [0.1, 0.15) is 78.6 Å². The van der Waals surface area contributed by atoms with Crippen molar-refractivity contribution in [3.63, 3.8) is 0 Å². The van der Waals surface area contributed by atoms with Crippen molar-refractivity contribution in [2.24, 2.45) is 11.5 Å². The number of hydrogen-bond donors (Lipinski definition) is 3. The molecular weight excluding hydrogens is 234 g/mol. The first-order valence-corrected chi connectivity index (χ1v) is 8.36. The van der Waals surface area contributed by atoms with E-state index in [4.69, 9.17) is 11.5 Å². The van der Waals surface area contributed by atoms with Crippen LogP contribution in [0.3, 0.4) is 0 Å². The topological polar surface area (TPSA) is 64.1 Å². The van der Waals surface area contributed by atoms with Crippen LogP contribution in [0.4, 0.5) is 0 Å². The van der Waals surface area contributed by atoms with Crippen LogP contribution in [0.15, 0.2) is 0 Å². The third kappa shape index (κ3) is 7.91. The summed E-state index contributed by atoms with van der Waals surface area (Å²) in [6.45, 7) is 8.31. The fourth-order valence-electron chi connectivity index (χ4n) is 2.74. The Morgan fingerprint density at radius 3 is 1.89 bits per heavy atom. The van der Waals surface area contributed by atoms with Gasteiger partial charge in [0.25, 0.3) is 0 Å². The fourth-order valence-corrected chi connectivity index (χ4v) is 2.74. The zero-order valence-electron chi connectivity index (χ0n) is 13.5. The summed E-state index contributed by atoms with van der Waals surface area (Å²) in [4.78, 5) is 0. The van der Waals surface area contributed by atoms with Gasteiger partial charge in [0.2, 0.25) is 0 Å². The highest BCUT2D eigenvalue weighted by molar-refractivity contribution is 4.95. The van der Waals surface area contributed by atoms with E-state index < -0.39 is 0 Å². The lowest BCUT2D eigenvalue weighted by molar-refractivity contribution is 0.234. The van der Waals surface area contributed by atoms with Crippen LogP contribution in [0.2, 0.25) is 0 Å². The van der Waals surface area contributed by atoms with Gasteiger partial charge in [-0.15, -0.1) is 0 Å². The van der Waals surface area contributed by atoms with Gasteiger partial charge in [0.15, 0.2) is 0 Å². The lowest BCUT2D eigenvalue weighted by atomic mass is 9.79. The van der Waals surface area contributed by atoms with E-state index in [1.165, 1.54) is 44.9 Å². The van der Waals surface area contributed by atoms with Crippen molar-refractivity contribution in [1.82, 2.24) is 5.32 Å². The van der Waals surface area contributed by atoms with Gasteiger partial charge in [0.1, 0.15) is 0 Å². The van der Waals surface area contributed by atoms with Crippen molar-refractivity contribution in [3.8, 4) is 0 Å². The van der Waals surface area contributed by atoms with Gasteiger partial charge in [0.05, 0.1) is 0 Å². The van der Waals surface area contributed by atoms with Gasteiger partial charge in [-0.2, -0.15) is 0 Å². The maximum atomic E-state index is 6.79. The molecule has 3 heteroatoms. The van der Waals surface area contributed by atoms with Gasteiger partial charge < -0.3 is 16.8 Å². The Bertz CT molecular complexity index is 178. The minimum atomic E-state index is -0.0453. The standard InChI is InChI=1S/C16H37N3/c1-4-7-10-15(19-14-13-17)16(18,11-8-5-2)12-9-6-3/h15,19H,4-14,17-18H2,1-3H3. The molecule has 0 fully saturated rings.